The Hall–Kier alpha value is -4.13. The number of nitrogens with zero attached hydrogens (tertiary/aromatic N) is 1. The van der Waals surface area contributed by atoms with Gasteiger partial charge < -0.3 is 20.8 Å². The predicted molar refractivity (Wildman–Crippen MR) is 196 cm³/mol. The first kappa shape index (κ1) is 35.2. The minimum atomic E-state index is -1.23. The Labute approximate surface area is 287 Å². The van der Waals surface area contributed by atoms with E-state index in [0.29, 0.717) is 24.9 Å². The molecule has 48 heavy (non-hydrogen) atoms. The Morgan fingerprint density at radius 1 is 0.458 bits per heavy atom. The summed E-state index contributed by atoms with van der Waals surface area (Å²) in [4.78, 5) is 5.04. The fraction of sp³-hybridized carbons (Fsp3) is 0.326. The van der Waals surface area contributed by atoms with Gasteiger partial charge in [-0.15, -0.1) is 0 Å². The summed E-state index contributed by atoms with van der Waals surface area (Å²) in [5, 5.41) is 32.6. The molecule has 4 N–H and O–H groups in total. The van der Waals surface area contributed by atoms with E-state index in [1.165, 1.54) is 0 Å². The molecule has 0 amide bonds. The second-order valence-electron chi connectivity index (χ2n) is 13.7. The molecule has 5 heteroatoms. The molecule has 0 saturated heterocycles. The van der Waals surface area contributed by atoms with Crippen LogP contribution in [0.25, 0.3) is 0 Å². The van der Waals surface area contributed by atoms with Crippen molar-refractivity contribution < 1.29 is 10.2 Å². The SMILES string of the molecule is CC(C)C[C@H](NCc1cccc(CN[C@@H](CC(C)C)C(O)(c2ccccc2)c2ccccc2)n1)C(O)(c1ccccc1)c1ccccc1. The normalized spacial score (nSPS) is 13.5. The summed E-state index contributed by atoms with van der Waals surface area (Å²) in [6.45, 7) is 9.76. The Morgan fingerprint density at radius 3 is 1.02 bits per heavy atom. The van der Waals surface area contributed by atoms with Crippen LogP contribution in [0.2, 0.25) is 0 Å². The Kier molecular flexibility index (Phi) is 12.0. The second-order valence-corrected chi connectivity index (χ2v) is 13.7. The van der Waals surface area contributed by atoms with Gasteiger partial charge in [0.05, 0.1) is 11.4 Å². The van der Waals surface area contributed by atoms with Crippen LogP contribution < -0.4 is 10.6 Å². The van der Waals surface area contributed by atoms with Gasteiger partial charge in [0.2, 0.25) is 0 Å². The lowest BCUT2D eigenvalue weighted by atomic mass is 9.77. The molecule has 0 bridgehead atoms. The molecule has 5 rings (SSSR count). The number of rotatable bonds is 16. The van der Waals surface area contributed by atoms with Gasteiger partial charge in [0.15, 0.2) is 0 Å². The first-order valence-corrected chi connectivity index (χ1v) is 17.3. The van der Waals surface area contributed by atoms with Crippen LogP contribution in [-0.4, -0.2) is 27.3 Å². The highest BCUT2D eigenvalue weighted by Gasteiger charge is 2.41. The maximum Gasteiger partial charge on any atom is 0.130 e. The van der Waals surface area contributed by atoms with Crippen LogP contribution in [0, 0.1) is 11.8 Å². The molecular formula is C43H51N3O2. The maximum atomic E-state index is 12.6. The predicted octanol–water partition coefficient (Wildman–Crippen LogP) is 7.96. The highest BCUT2D eigenvalue weighted by molar-refractivity contribution is 5.39. The van der Waals surface area contributed by atoms with Crippen molar-refractivity contribution in [3.63, 3.8) is 0 Å². The second kappa shape index (κ2) is 16.3. The molecule has 2 atom stereocenters. The van der Waals surface area contributed by atoms with E-state index < -0.39 is 11.2 Å². The van der Waals surface area contributed by atoms with Crippen LogP contribution in [-0.2, 0) is 24.3 Å². The van der Waals surface area contributed by atoms with Crippen molar-refractivity contribution in [3.05, 3.63) is 173 Å². The van der Waals surface area contributed by atoms with Gasteiger partial charge in [0.25, 0.3) is 0 Å². The zero-order valence-corrected chi connectivity index (χ0v) is 28.8. The lowest BCUT2D eigenvalue weighted by Crippen LogP contribution is -2.50. The molecule has 0 aliphatic carbocycles. The van der Waals surface area contributed by atoms with E-state index >= 15 is 0 Å². The molecule has 0 fully saturated rings. The molecule has 5 nitrogen and oxygen atoms in total. The zero-order valence-electron chi connectivity index (χ0n) is 28.8. The molecule has 0 saturated carbocycles. The van der Waals surface area contributed by atoms with E-state index in [2.05, 4.69) is 38.3 Å². The number of benzene rings is 4. The largest absolute Gasteiger partial charge is 0.379 e. The molecular weight excluding hydrogens is 590 g/mol. The number of hydrogen-bond donors (Lipinski definition) is 4. The molecule has 0 aliphatic heterocycles. The van der Waals surface area contributed by atoms with Gasteiger partial charge in [-0.05, 0) is 59.1 Å². The number of aliphatic hydroxyl groups is 2. The fourth-order valence-corrected chi connectivity index (χ4v) is 6.83. The molecule has 0 spiro atoms. The van der Waals surface area contributed by atoms with Gasteiger partial charge in [0.1, 0.15) is 11.2 Å². The average Bonchev–Trinajstić information content (AvgIpc) is 3.12. The number of hydrogen-bond acceptors (Lipinski definition) is 5. The summed E-state index contributed by atoms with van der Waals surface area (Å²) in [5.74, 6) is 0.714. The van der Waals surface area contributed by atoms with Crippen molar-refractivity contribution in [2.24, 2.45) is 11.8 Å². The molecule has 1 heterocycles. The van der Waals surface area contributed by atoms with Gasteiger partial charge in [-0.25, -0.2) is 0 Å². The van der Waals surface area contributed by atoms with Crippen LogP contribution in [0.3, 0.4) is 0 Å². The van der Waals surface area contributed by atoms with E-state index in [-0.39, 0.29) is 12.1 Å². The Balaban J connectivity index is 1.39. The van der Waals surface area contributed by atoms with Crippen molar-refractivity contribution in [3.8, 4) is 0 Å². The number of pyridine rings is 1. The molecule has 0 unspecified atom stereocenters. The number of aromatic nitrogens is 1. The minimum Gasteiger partial charge on any atom is -0.379 e. The quantitative estimate of drug-likeness (QED) is 0.0880. The average molecular weight is 642 g/mol. The zero-order chi connectivity index (χ0) is 34.0. The fourth-order valence-electron chi connectivity index (χ4n) is 6.83. The van der Waals surface area contributed by atoms with Crippen molar-refractivity contribution >= 4 is 0 Å². The van der Waals surface area contributed by atoms with E-state index in [4.69, 9.17) is 4.98 Å². The van der Waals surface area contributed by atoms with Crippen molar-refractivity contribution in [2.75, 3.05) is 0 Å². The van der Waals surface area contributed by atoms with Crippen LogP contribution in [0.5, 0.6) is 0 Å². The molecule has 250 valence electrons. The van der Waals surface area contributed by atoms with Crippen LogP contribution >= 0.6 is 0 Å². The summed E-state index contributed by atoms with van der Waals surface area (Å²) in [7, 11) is 0. The smallest absolute Gasteiger partial charge is 0.130 e. The molecule has 0 radical (unpaired) electrons. The van der Waals surface area contributed by atoms with Gasteiger partial charge in [-0.3, -0.25) is 4.98 Å². The van der Waals surface area contributed by atoms with Crippen LogP contribution in [0.1, 0.15) is 74.2 Å². The summed E-state index contributed by atoms with van der Waals surface area (Å²) >= 11 is 0. The van der Waals surface area contributed by atoms with Gasteiger partial charge in [-0.2, -0.15) is 0 Å². The Morgan fingerprint density at radius 2 is 0.750 bits per heavy atom. The summed E-state index contributed by atoms with van der Waals surface area (Å²) < 4.78 is 0. The van der Waals surface area contributed by atoms with Crippen molar-refractivity contribution in [1.82, 2.24) is 15.6 Å². The minimum absolute atomic E-state index is 0.256. The van der Waals surface area contributed by atoms with Crippen molar-refractivity contribution in [1.29, 1.82) is 0 Å². The third kappa shape index (κ3) is 8.29. The van der Waals surface area contributed by atoms with Crippen molar-refractivity contribution in [2.45, 2.75) is 76.9 Å². The van der Waals surface area contributed by atoms with Gasteiger partial charge >= 0.3 is 0 Å². The lowest BCUT2D eigenvalue weighted by Gasteiger charge is -2.39. The first-order valence-electron chi connectivity index (χ1n) is 17.3. The molecule has 5 aromatic rings. The molecule has 4 aromatic carbocycles. The standard InChI is InChI=1S/C43H51N3O2/c1-32(2)28-40(42(47,34-18-9-5-10-19-34)35-20-11-6-12-21-35)44-30-38-26-17-27-39(46-38)31-45-41(29-33(3)4)43(48,36-22-13-7-14-23-36)37-24-15-8-16-25-37/h5-27,32-33,40-41,44-45,47-48H,28-31H2,1-4H3/t40-,41-/m0/s1. The number of nitrogens with one attached hydrogen (secondary N) is 2. The van der Waals surface area contributed by atoms with Gasteiger partial charge in [-0.1, -0.05) is 155 Å². The van der Waals surface area contributed by atoms with E-state index in [1.807, 2.05) is 140 Å². The van der Waals surface area contributed by atoms with Crippen LogP contribution in [0.15, 0.2) is 140 Å². The summed E-state index contributed by atoms with van der Waals surface area (Å²) in [6, 6.07) is 45.4. The highest BCUT2D eigenvalue weighted by Crippen LogP contribution is 2.37. The van der Waals surface area contributed by atoms with Crippen LogP contribution in [0.4, 0.5) is 0 Å². The van der Waals surface area contributed by atoms with Gasteiger partial charge in [0, 0.05) is 25.2 Å². The summed E-state index contributed by atoms with van der Waals surface area (Å²) in [6.07, 6.45) is 1.55. The lowest BCUT2D eigenvalue weighted by molar-refractivity contribution is 0.0278. The Bertz CT molecular complexity index is 1460. The monoisotopic (exact) mass is 641 g/mol. The first-order chi connectivity index (χ1) is 23.2. The third-order valence-electron chi connectivity index (χ3n) is 9.20. The summed E-state index contributed by atoms with van der Waals surface area (Å²) in [5.41, 5.74) is 2.79. The third-order valence-corrected chi connectivity index (χ3v) is 9.20. The van der Waals surface area contributed by atoms with E-state index in [1.54, 1.807) is 0 Å². The maximum absolute atomic E-state index is 12.6. The van der Waals surface area contributed by atoms with E-state index in [0.717, 1.165) is 46.5 Å². The molecule has 0 aliphatic rings. The highest BCUT2D eigenvalue weighted by atomic mass is 16.3. The van der Waals surface area contributed by atoms with E-state index in [9.17, 15) is 10.2 Å². The topological polar surface area (TPSA) is 77.4 Å². The molecule has 1 aromatic heterocycles.